The summed E-state index contributed by atoms with van der Waals surface area (Å²) in [7, 11) is 3.24. The van der Waals surface area contributed by atoms with E-state index in [2.05, 4.69) is 25.3 Å². The minimum absolute atomic E-state index is 0.389. The lowest BCUT2D eigenvalue weighted by Gasteiger charge is -2.30. The number of nitrogens with zero attached hydrogens (tertiary/aromatic N) is 4. The van der Waals surface area contributed by atoms with Gasteiger partial charge in [0.2, 0.25) is 0 Å². The number of hydrogen-bond donors (Lipinski definition) is 2. The molecular weight excluding hydrogens is 352 g/mol. The van der Waals surface area contributed by atoms with E-state index in [1.54, 1.807) is 20.5 Å². The molecule has 1 fully saturated rings. The molecule has 0 spiro atoms. The van der Waals surface area contributed by atoms with Crippen molar-refractivity contribution in [3.05, 3.63) is 12.7 Å². The third kappa shape index (κ3) is 4.66. The standard InChI is InChI=1S/C17H26N6O2S/c1-24-14(25-2)9-23(8-13(26)22-12-6-4-3-5-7-12)17-15-16(19-10-18-15)20-11-21-17/h10-12,14H,3-9H2,1-2H3,(H,22,26)(H,18,19,20,21). The summed E-state index contributed by atoms with van der Waals surface area (Å²) in [6.45, 7) is 1.02. The summed E-state index contributed by atoms with van der Waals surface area (Å²) in [5.41, 5.74) is 1.40. The summed E-state index contributed by atoms with van der Waals surface area (Å²) in [5.74, 6) is 0.736. The number of thiocarbonyl (C=S) groups is 1. The number of hydrogen-bond acceptors (Lipinski definition) is 7. The van der Waals surface area contributed by atoms with Crippen molar-refractivity contribution in [3.8, 4) is 0 Å². The topological polar surface area (TPSA) is 88.2 Å². The monoisotopic (exact) mass is 378 g/mol. The lowest BCUT2D eigenvalue weighted by atomic mass is 9.95. The van der Waals surface area contributed by atoms with Crippen LogP contribution in [0.1, 0.15) is 32.1 Å². The molecule has 0 atom stereocenters. The van der Waals surface area contributed by atoms with E-state index in [0.29, 0.717) is 24.8 Å². The van der Waals surface area contributed by atoms with E-state index in [9.17, 15) is 0 Å². The van der Waals surface area contributed by atoms with E-state index in [1.165, 1.54) is 38.4 Å². The van der Waals surface area contributed by atoms with Gasteiger partial charge in [-0.1, -0.05) is 31.5 Å². The van der Waals surface area contributed by atoms with Crippen molar-refractivity contribution in [1.29, 1.82) is 0 Å². The fraction of sp³-hybridized carbons (Fsp3) is 0.647. The number of anilines is 1. The number of fused-ring (bicyclic) bond motifs is 1. The Kier molecular flexibility index (Phi) is 6.70. The summed E-state index contributed by atoms with van der Waals surface area (Å²) in [4.78, 5) is 18.8. The van der Waals surface area contributed by atoms with Crippen molar-refractivity contribution in [2.75, 3.05) is 32.2 Å². The molecule has 0 amide bonds. The second kappa shape index (κ2) is 9.20. The van der Waals surface area contributed by atoms with Crippen LogP contribution in [0.3, 0.4) is 0 Å². The van der Waals surface area contributed by atoms with Crippen LogP contribution in [0.5, 0.6) is 0 Å². The predicted octanol–water partition coefficient (Wildman–Crippen LogP) is 2.03. The van der Waals surface area contributed by atoms with Gasteiger partial charge >= 0.3 is 0 Å². The summed E-state index contributed by atoms with van der Waals surface area (Å²) in [6, 6.07) is 0.469. The molecular formula is C17H26N6O2S. The number of methoxy groups -OCH3 is 2. The molecule has 2 aromatic heterocycles. The number of ether oxygens (including phenoxy) is 2. The maximum atomic E-state index is 5.63. The Morgan fingerprint density at radius 2 is 2.04 bits per heavy atom. The minimum atomic E-state index is -0.389. The van der Waals surface area contributed by atoms with Crippen LogP contribution in [0, 0.1) is 0 Å². The number of H-pyrrole nitrogens is 1. The van der Waals surface area contributed by atoms with Gasteiger partial charge in [0, 0.05) is 20.3 Å². The van der Waals surface area contributed by atoms with E-state index in [1.807, 2.05) is 4.90 Å². The number of nitrogens with one attached hydrogen (secondary N) is 2. The van der Waals surface area contributed by atoms with Crippen molar-refractivity contribution in [2.24, 2.45) is 0 Å². The Morgan fingerprint density at radius 3 is 2.77 bits per heavy atom. The third-order valence-electron chi connectivity index (χ3n) is 4.70. The molecule has 1 aliphatic rings. The van der Waals surface area contributed by atoms with E-state index in [0.717, 1.165) is 16.3 Å². The van der Waals surface area contributed by atoms with E-state index in [-0.39, 0.29) is 6.29 Å². The highest BCUT2D eigenvalue weighted by Crippen LogP contribution is 2.21. The van der Waals surface area contributed by atoms with E-state index < -0.39 is 0 Å². The van der Waals surface area contributed by atoms with Crippen LogP contribution in [0.4, 0.5) is 5.82 Å². The first-order chi connectivity index (χ1) is 12.7. The van der Waals surface area contributed by atoms with Crippen molar-refractivity contribution in [3.63, 3.8) is 0 Å². The predicted molar refractivity (Wildman–Crippen MR) is 104 cm³/mol. The molecule has 0 bridgehead atoms. The number of imidazole rings is 1. The molecule has 2 aromatic rings. The average Bonchev–Trinajstić information content (AvgIpc) is 3.14. The largest absolute Gasteiger partial charge is 0.375 e. The van der Waals surface area contributed by atoms with E-state index in [4.69, 9.17) is 21.7 Å². The Bertz CT molecular complexity index is 714. The Balaban J connectivity index is 1.76. The van der Waals surface area contributed by atoms with Gasteiger partial charge < -0.3 is 24.7 Å². The molecule has 0 aromatic carbocycles. The van der Waals surface area contributed by atoms with Crippen molar-refractivity contribution < 1.29 is 9.47 Å². The zero-order valence-electron chi connectivity index (χ0n) is 15.3. The van der Waals surface area contributed by atoms with Crippen LogP contribution in [0.25, 0.3) is 11.2 Å². The van der Waals surface area contributed by atoms with Gasteiger partial charge in [-0.25, -0.2) is 15.0 Å². The molecule has 26 heavy (non-hydrogen) atoms. The zero-order chi connectivity index (χ0) is 18.4. The van der Waals surface area contributed by atoms with Crippen LogP contribution >= 0.6 is 12.2 Å². The molecule has 1 aliphatic carbocycles. The van der Waals surface area contributed by atoms with Crippen molar-refractivity contribution in [1.82, 2.24) is 25.3 Å². The molecule has 142 valence electrons. The first kappa shape index (κ1) is 18.9. The molecule has 0 unspecified atom stereocenters. The first-order valence-corrected chi connectivity index (χ1v) is 9.36. The number of aromatic nitrogens is 4. The molecule has 0 saturated heterocycles. The highest BCUT2D eigenvalue weighted by molar-refractivity contribution is 7.80. The Morgan fingerprint density at radius 1 is 1.27 bits per heavy atom. The number of aromatic amines is 1. The Labute approximate surface area is 158 Å². The summed E-state index contributed by atoms with van der Waals surface area (Å²) < 4.78 is 10.8. The number of rotatable bonds is 8. The average molecular weight is 379 g/mol. The molecule has 2 N–H and O–H groups in total. The normalized spacial score (nSPS) is 15.5. The van der Waals surface area contributed by atoms with Crippen LogP contribution in [0.2, 0.25) is 0 Å². The fourth-order valence-electron chi connectivity index (χ4n) is 3.34. The quantitative estimate of drug-likeness (QED) is 0.533. The first-order valence-electron chi connectivity index (χ1n) is 8.95. The zero-order valence-corrected chi connectivity index (χ0v) is 16.1. The molecule has 3 rings (SSSR count). The molecule has 9 heteroatoms. The molecule has 1 saturated carbocycles. The SMILES string of the molecule is COC(CN(CC(=S)NC1CCCCC1)c1ncnc2nc[nH]c12)OC. The highest BCUT2D eigenvalue weighted by Gasteiger charge is 2.21. The lowest BCUT2D eigenvalue weighted by Crippen LogP contribution is -2.45. The van der Waals surface area contributed by atoms with Crippen LogP contribution in [0.15, 0.2) is 12.7 Å². The summed E-state index contributed by atoms with van der Waals surface area (Å²) in [5, 5.41) is 3.51. The third-order valence-corrected chi connectivity index (χ3v) is 4.95. The minimum Gasteiger partial charge on any atom is -0.375 e. The van der Waals surface area contributed by atoms with Crippen molar-refractivity contribution in [2.45, 2.75) is 44.4 Å². The van der Waals surface area contributed by atoms with Crippen LogP contribution < -0.4 is 10.2 Å². The van der Waals surface area contributed by atoms with Gasteiger partial charge in [0.25, 0.3) is 0 Å². The van der Waals surface area contributed by atoms with E-state index >= 15 is 0 Å². The maximum absolute atomic E-state index is 5.63. The van der Waals surface area contributed by atoms with Crippen molar-refractivity contribution >= 4 is 34.2 Å². The molecule has 8 nitrogen and oxygen atoms in total. The summed E-state index contributed by atoms with van der Waals surface area (Å²) >= 11 is 5.63. The van der Waals surface area contributed by atoms with Crippen LogP contribution in [-0.4, -0.2) is 64.6 Å². The van der Waals surface area contributed by atoms with Crippen LogP contribution in [-0.2, 0) is 9.47 Å². The Hall–Kier alpha value is -1.84. The fourth-order valence-corrected chi connectivity index (χ4v) is 3.66. The van der Waals surface area contributed by atoms with Gasteiger partial charge in [-0.15, -0.1) is 0 Å². The van der Waals surface area contributed by atoms with Gasteiger partial charge in [0.05, 0.1) is 24.4 Å². The maximum Gasteiger partial charge on any atom is 0.182 e. The smallest absolute Gasteiger partial charge is 0.182 e. The van der Waals surface area contributed by atoms with Gasteiger partial charge in [-0.2, -0.15) is 0 Å². The highest BCUT2D eigenvalue weighted by atomic mass is 32.1. The van der Waals surface area contributed by atoms with Gasteiger partial charge in [-0.05, 0) is 12.8 Å². The molecule has 0 radical (unpaired) electrons. The van der Waals surface area contributed by atoms with Gasteiger partial charge in [0.1, 0.15) is 11.8 Å². The lowest BCUT2D eigenvalue weighted by molar-refractivity contribution is -0.0946. The van der Waals surface area contributed by atoms with Gasteiger partial charge in [0.15, 0.2) is 17.8 Å². The second-order valence-corrected chi connectivity index (χ2v) is 6.98. The second-order valence-electron chi connectivity index (χ2n) is 6.48. The van der Waals surface area contributed by atoms with Gasteiger partial charge in [-0.3, -0.25) is 0 Å². The molecule has 0 aliphatic heterocycles. The summed E-state index contributed by atoms with van der Waals surface area (Å²) in [6.07, 6.45) is 8.94. The molecule has 2 heterocycles.